The number of para-hydroxylation sites is 1. The molecule has 1 unspecified atom stereocenters. The highest BCUT2D eigenvalue weighted by Crippen LogP contribution is 2.29. The van der Waals surface area contributed by atoms with E-state index in [9.17, 15) is 0 Å². The summed E-state index contributed by atoms with van der Waals surface area (Å²) in [5.74, 6) is 2.12. The molecule has 1 aromatic heterocycles. The summed E-state index contributed by atoms with van der Waals surface area (Å²) in [5, 5.41) is 5.46. The Labute approximate surface area is 126 Å². The summed E-state index contributed by atoms with van der Waals surface area (Å²) in [4.78, 5) is 0. The summed E-state index contributed by atoms with van der Waals surface area (Å²) >= 11 is 1.98. The third kappa shape index (κ3) is 3.80. The van der Waals surface area contributed by atoms with E-state index < -0.39 is 0 Å². The first-order valence-electron chi connectivity index (χ1n) is 7.45. The van der Waals surface area contributed by atoms with E-state index in [1.807, 2.05) is 11.8 Å². The summed E-state index contributed by atoms with van der Waals surface area (Å²) in [6.45, 7) is 9.81. The summed E-state index contributed by atoms with van der Waals surface area (Å²) in [7, 11) is 0. The van der Waals surface area contributed by atoms with Crippen molar-refractivity contribution in [3.63, 3.8) is 0 Å². The Morgan fingerprint density at radius 2 is 2.10 bits per heavy atom. The molecule has 0 aliphatic carbocycles. The molecule has 0 aliphatic heterocycles. The van der Waals surface area contributed by atoms with Crippen molar-refractivity contribution in [2.45, 2.75) is 45.4 Å². The standard InChI is InChI=1S/C17H25NOS/c1-5-9-18-15(11-20-12(2)3)16-10-14-8-6-7-13(4)17(14)19-16/h6-8,10,12,15,18H,5,9,11H2,1-4H3. The lowest BCUT2D eigenvalue weighted by Gasteiger charge is -2.17. The van der Waals surface area contributed by atoms with Gasteiger partial charge in [-0.2, -0.15) is 11.8 Å². The van der Waals surface area contributed by atoms with Crippen LogP contribution in [0.5, 0.6) is 0 Å². The minimum absolute atomic E-state index is 0.300. The summed E-state index contributed by atoms with van der Waals surface area (Å²) in [6.07, 6.45) is 1.14. The van der Waals surface area contributed by atoms with Crippen LogP contribution in [0, 0.1) is 6.92 Å². The highest BCUT2D eigenvalue weighted by Gasteiger charge is 2.17. The third-order valence-electron chi connectivity index (χ3n) is 3.34. The maximum absolute atomic E-state index is 6.11. The summed E-state index contributed by atoms with van der Waals surface area (Å²) in [5.41, 5.74) is 2.24. The van der Waals surface area contributed by atoms with Crippen molar-refractivity contribution in [2.75, 3.05) is 12.3 Å². The van der Waals surface area contributed by atoms with Gasteiger partial charge >= 0.3 is 0 Å². The van der Waals surface area contributed by atoms with Crippen LogP contribution in [0.3, 0.4) is 0 Å². The van der Waals surface area contributed by atoms with Crippen LogP contribution >= 0.6 is 11.8 Å². The molecule has 1 atom stereocenters. The van der Waals surface area contributed by atoms with Crippen molar-refractivity contribution < 1.29 is 4.42 Å². The quantitative estimate of drug-likeness (QED) is 0.783. The Morgan fingerprint density at radius 3 is 2.75 bits per heavy atom. The van der Waals surface area contributed by atoms with Crippen LogP contribution in [0.1, 0.15) is 44.6 Å². The van der Waals surface area contributed by atoms with Crippen LogP contribution in [0.25, 0.3) is 11.0 Å². The van der Waals surface area contributed by atoms with Gasteiger partial charge < -0.3 is 9.73 Å². The Morgan fingerprint density at radius 1 is 1.30 bits per heavy atom. The zero-order valence-corrected chi connectivity index (χ0v) is 13.7. The molecule has 0 saturated carbocycles. The van der Waals surface area contributed by atoms with Gasteiger partial charge in [-0.1, -0.05) is 39.0 Å². The number of thioether (sulfide) groups is 1. The molecule has 1 N–H and O–H groups in total. The van der Waals surface area contributed by atoms with Crippen molar-refractivity contribution >= 4 is 22.7 Å². The Bertz CT molecular complexity index is 547. The number of aryl methyl sites for hydroxylation is 1. The van der Waals surface area contributed by atoms with Crippen molar-refractivity contribution in [3.8, 4) is 0 Å². The topological polar surface area (TPSA) is 25.2 Å². The predicted molar refractivity (Wildman–Crippen MR) is 89.6 cm³/mol. The fourth-order valence-electron chi connectivity index (χ4n) is 2.25. The highest BCUT2D eigenvalue weighted by atomic mass is 32.2. The molecule has 2 rings (SSSR count). The van der Waals surface area contributed by atoms with Crippen LogP contribution in [-0.2, 0) is 0 Å². The Balaban J connectivity index is 2.22. The van der Waals surface area contributed by atoms with E-state index in [2.05, 4.69) is 57.3 Å². The number of nitrogens with one attached hydrogen (secondary N) is 1. The molecule has 2 nitrogen and oxygen atoms in total. The fraction of sp³-hybridized carbons (Fsp3) is 0.529. The van der Waals surface area contributed by atoms with Gasteiger partial charge in [0.15, 0.2) is 0 Å². The maximum atomic E-state index is 6.11. The second-order valence-corrected chi connectivity index (χ2v) is 7.14. The lowest BCUT2D eigenvalue weighted by Crippen LogP contribution is -2.24. The minimum atomic E-state index is 0.300. The second-order valence-electron chi connectivity index (χ2n) is 5.53. The average Bonchev–Trinajstić information content (AvgIpc) is 2.84. The maximum Gasteiger partial charge on any atom is 0.137 e. The zero-order valence-electron chi connectivity index (χ0n) is 12.9. The lowest BCUT2D eigenvalue weighted by atomic mass is 10.1. The molecule has 20 heavy (non-hydrogen) atoms. The van der Waals surface area contributed by atoms with Crippen LogP contribution < -0.4 is 5.32 Å². The van der Waals surface area contributed by atoms with Crippen molar-refractivity contribution in [1.82, 2.24) is 5.32 Å². The molecular weight excluding hydrogens is 266 g/mol. The lowest BCUT2D eigenvalue weighted by molar-refractivity contribution is 0.455. The third-order valence-corrected chi connectivity index (χ3v) is 4.53. The van der Waals surface area contributed by atoms with E-state index in [-0.39, 0.29) is 0 Å². The first kappa shape index (κ1) is 15.5. The Hall–Kier alpha value is -0.930. The van der Waals surface area contributed by atoms with Gasteiger partial charge in [0.1, 0.15) is 11.3 Å². The van der Waals surface area contributed by atoms with E-state index >= 15 is 0 Å². The van der Waals surface area contributed by atoms with Gasteiger partial charge in [0, 0.05) is 11.1 Å². The van der Waals surface area contributed by atoms with Crippen molar-refractivity contribution in [3.05, 3.63) is 35.6 Å². The van der Waals surface area contributed by atoms with E-state index in [4.69, 9.17) is 4.42 Å². The number of hydrogen-bond acceptors (Lipinski definition) is 3. The first-order valence-corrected chi connectivity index (χ1v) is 8.50. The number of fused-ring (bicyclic) bond motifs is 1. The van der Waals surface area contributed by atoms with Crippen molar-refractivity contribution in [2.24, 2.45) is 0 Å². The van der Waals surface area contributed by atoms with Crippen LogP contribution in [0.15, 0.2) is 28.7 Å². The molecule has 0 amide bonds. The Kier molecular flexibility index (Phi) is 5.55. The summed E-state index contributed by atoms with van der Waals surface area (Å²) in [6, 6.07) is 8.81. The molecule has 0 aliphatic rings. The second kappa shape index (κ2) is 7.19. The number of hydrogen-bond donors (Lipinski definition) is 1. The van der Waals surface area contributed by atoms with Gasteiger partial charge in [-0.05, 0) is 36.8 Å². The van der Waals surface area contributed by atoms with Gasteiger partial charge in [0.2, 0.25) is 0 Å². The van der Waals surface area contributed by atoms with Crippen LogP contribution in [-0.4, -0.2) is 17.5 Å². The number of benzene rings is 1. The monoisotopic (exact) mass is 291 g/mol. The molecule has 0 radical (unpaired) electrons. The van der Waals surface area contributed by atoms with Gasteiger partial charge in [-0.15, -0.1) is 0 Å². The fourth-order valence-corrected chi connectivity index (χ4v) is 3.11. The minimum Gasteiger partial charge on any atom is -0.459 e. The molecule has 2 aromatic rings. The SMILES string of the molecule is CCCNC(CSC(C)C)c1cc2cccc(C)c2o1. The molecule has 0 bridgehead atoms. The normalized spacial score (nSPS) is 13.2. The number of rotatable bonds is 7. The van der Waals surface area contributed by atoms with Gasteiger partial charge in [-0.3, -0.25) is 0 Å². The van der Waals surface area contributed by atoms with Crippen molar-refractivity contribution in [1.29, 1.82) is 0 Å². The van der Waals surface area contributed by atoms with Crippen LogP contribution in [0.4, 0.5) is 0 Å². The molecule has 1 aromatic carbocycles. The largest absolute Gasteiger partial charge is 0.459 e. The molecule has 0 spiro atoms. The smallest absolute Gasteiger partial charge is 0.137 e. The zero-order chi connectivity index (χ0) is 14.5. The first-order chi connectivity index (χ1) is 9.61. The van der Waals surface area contributed by atoms with Gasteiger partial charge in [0.05, 0.1) is 6.04 Å². The summed E-state index contributed by atoms with van der Waals surface area (Å²) < 4.78 is 6.11. The molecule has 0 saturated heterocycles. The molecular formula is C17H25NOS. The van der Waals surface area contributed by atoms with E-state index in [1.54, 1.807) is 0 Å². The van der Waals surface area contributed by atoms with Gasteiger partial charge in [0.25, 0.3) is 0 Å². The van der Waals surface area contributed by atoms with E-state index in [0.717, 1.165) is 30.1 Å². The predicted octanol–water partition coefficient (Wildman–Crippen LogP) is 4.92. The van der Waals surface area contributed by atoms with E-state index in [1.165, 1.54) is 10.9 Å². The molecule has 1 heterocycles. The highest BCUT2D eigenvalue weighted by molar-refractivity contribution is 7.99. The molecule has 0 fully saturated rings. The van der Waals surface area contributed by atoms with Gasteiger partial charge in [-0.25, -0.2) is 0 Å². The molecule has 3 heteroatoms. The van der Waals surface area contributed by atoms with Crippen LogP contribution in [0.2, 0.25) is 0 Å². The molecule has 110 valence electrons. The number of furan rings is 1. The average molecular weight is 291 g/mol. The van der Waals surface area contributed by atoms with E-state index in [0.29, 0.717) is 11.3 Å².